The van der Waals surface area contributed by atoms with Crippen LogP contribution >= 0.6 is 38.5 Å². The summed E-state index contributed by atoms with van der Waals surface area (Å²) < 4.78 is 3.78. The van der Waals surface area contributed by atoms with Crippen molar-refractivity contribution in [2.45, 2.75) is 6.92 Å². The molecule has 2 rings (SSSR count). The topological polar surface area (TPSA) is 53.6 Å². The van der Waals surface area contributed by atoms with Crippen molar-refractivity contribution in [3.05, 3.63) is 37.5 Å². The van der Waals surface area contributed by atoms with E-state index in [1.807, 2.05) is 32.2 Å². The quantitative estimate of drug-likeness (QED) is 0.759. The van der Waals surface area contributed by atoms with Crippen LogP contribution < -0.4 is 5.32 Å². The van der Waals surface area contributed by atoms with Gasteiger partial charge in [-0.1, -0.05) is 0 Å². The zero-order valence-electron chi connectivity index (χ0n) is 9.83. The van der Waals surface area contributed by atoms with Crippen molar-refractivity contribution in [1.29, 1.82) is 5.26 Å². The van der Waals surface area contributed by atoms with Gasteiger partial charge < -0.3 is 5.32 Å². The van der Waals surface area contributed by atoms with Gasteiger partial charge in [-0.2, -0.15) is 10.4 Å². The van der Waals surface area contributed by atoms with Crippen LogP contribution in [0.2, 0.25) is 0 Å². The van der Waals surface area contributed by atoms with Crippen molar-refractivity contribution in [2.75, 3.05) is 5.32 Å². The summed E-state index contributed by atoms with van der Waals surface area (Å²) >= 11 is 5.75. The molecule has 0 saturated carbocycles. The highest BCUT2D eigenvalue weighted by Crippen LogP contribution is 2.29. The summed E-state index contributed by atoms with van der Waals surface area (Å²) in [4.78, 5) is 0. The highest BCUT2D eigenvalue weighted by Gasteiger charge is 2.13. The Morgan fingerprint density at radius 1 is 1.50 bits per heavy atom. The zero-order chi connectivity index (χ0) is 13.3. The van der Waals surface area contributed by atoms with Crippen LogP contribution in [0.4, 0.5) is 11.5 Å². The maximum Gasteiger partial charge on any atom is 0.146 e. The first kappa shape index (κ1) is 13.4. The van der Waals surface area contributed by atoms with Gasteiger partial charge in [-0.25, -0.2) is 0 Å². The van der Waals surface area contributed by atoms with Gasteiger partial charge in [0.05, 0.1) is 11.4 Å². The SMILES string of the molecule is Cc1nn(C)c(Nc2ccc(I)cc2Br)c1C#N. The molecule has 2 aromatic rings. The van der Waals surface area contributed by atoms with Gasteiger partial charge in [-0.15, -0.1) is 0 Å². The third-order valence-corrected chi connectivity index (χ3v) is 3.85. The molecule has 0 fully saturated rings. The molecule has 0 amide bonds. The van der Waals surface area contributed by atoms with Crippen LogP contribution in [0.15, 0.2) is 22.7 Å². The Balaban J connectivity index is 2.43. The lowest BCUT2D eigenvalue weighted by Crippen LogP contribution is -2.01. The van der Waals surface area contributed by atoms with Crippen LogP contribution in [0.1, 0.15) is 11.3 Å². The molecule has 1 aromatic heterocycles. The van der Waals surface area contributed by atoms with Crippen molar-refractivity contribution in [1.82, 2.24) is 9.78 Å². The van der Waals surface area contributed by atoms with Gasteiger partial charge in [0.25, 0.3) is 0 Å². The fraction of sp³-hybridized carbons (Fsp3) is 0.167. The average molecular weight is 417 g/mol. The molecule has 92 valence electrons. The largest absolute Gasteiger partial charge is 0.338 e. The lowest BCUT2D eigenvalue weighted by molar-refractivity contribution is 0.765. The van der Waals surface area contributed by atoms with Gasteiger partial charge in [0.15, 0.2) is 0 Å². The Kier molecular flexibility index (Phi) is 3.92. The minimum Gasteiger partial charge on any atom is -0.338 e. The highest BCUT2D eigenvalue weighted by molar-refractivity contribution is 14.1. The molecule has 0 unspecified atom stereocenters. The van der Waals surface area contributed by atoms with E-state index in [4.69, 9.17) is 5.26 Å². The molecule has 0 bridgehead atoms. The summed E-state index contributed by atoms with van der Waals surface area (Å²) in [5.41, 5.74) is 2.21. The fourth-order valence-corrected chi connectivity index (χ4v) is 3.05. The Morgan fingerprint density at radius 3 is 2.83 bits per heavy atom. The highest BCUT2D eigenvalue weighted by atomic mass is 127. The number of nitriles is 1. The van der Waals surface area contributed by atoms with E-state index in [2.05, 4.69) is 55.0 Å². The molecule has 0 aliphatic rings. The average Bonchev–Trinajstić information content (AvgIpc) is 2.57. The van der Waals surface area contributed by atoms with Crippen LogP contribution in [-0.2, 0) is 7.05 Å². The van der Waals surface area contributed by atoms with Gasteiger partial charge in [0, 0.05) is 15.1 Å². The first-order valence-electron chi connectivity index (χ1n) is 5.18. The second kappa shape index (κ2) is 5.28. The zero-order valence-corrected chi connectivity index (χ0v) is 13.6. The summed E-state index contributed by atoms with van der Waals surface area (Å²) in [5.74, 6) is 0.705. The normalized spacial score (nSPS) is 10.2. The number of aryl methyl sites for hydroxylation is 2. The molecule has 0 aliphatic heterocycles. The van der Waals surface area contributed by atoms with Crippen LogP contribution in [0.25, 0.3) is 0 Å². The number of hydrogen-bond donors (Lipinski definition) is 1. The number of nitrogens with zero attached hydrogens (tertiary/aromatic N) is 3. The summed E-state index contributed by atoms with van der Waals surface area (Å²) in [5, 5.41) is 16.6. The van der Waals surface area contributed by atoms with Crippen LogP contribution in [0, 0.1) is 21.8 Å². The second-order valence-electron chi connectivity index (χ2n) is 3.79. The Bertz CT molecular complexity index is 642. The van der Waals surface area contributed by atoms with Crippen molar-refractivity contribution in [2.24, 2.45) is 7.05 Å². The number of benzene rings is 1. The predicted molar refractivity (Wildman–Crippen MR) is 82.8 cm³/mol. The number of rotatable bonds is 2. The Hall–Kier alpha value is -1.07. The van der Waals surface area contributed by atoms with E-state index in [1.54, 1.807) is 4.68 Å². The van der Waals surface area contributed by atoms with Crippen LogP contribution in [-0.4, -0.2) is 9.78 Å². The first-order chi connectivity index (χ1) is 8.52. The molecule has 6 heteroatoms. The number of nitrogens with one attached hydrogen (secondary N) is 1. The summed E-state index contributed by atoms with van der Waals surface area (Å²) in [6.07, 6.45) is 0. The number of anilines is 2. The monoisotopic (exact) mass is 416 g/mol. The van der Waals surface area contributed by atoms with E-state index in [0.717, 1.165) is 19.4 Å². The molecule has 0 spiro atoms. The lowest BCUT2D eigenvalue weighted by atomic mass is 10.2. The Morgan fingerprint density at radius 2 is 2.22 bits per heavy atom. The molecular formula is C12H10BrIN4. The van der Waals surface area contributed by atoms with E-state index >= 15 is 0 Å². The second-order valence-corrected chi connectivity index (χ2v) is 5.89. The van der Waals surface area contributed by atoms with E-state index in [9.17, 15) is 0 Å². The van der Waals surface area contributed by atoms with Crippen LogP contribution in [0.5, 0.6) is 0 Å². The molecule has 18 heavy (non-hydrogen) atoms. The van der Waals surface area contributed by atoms with Gasteiger partial charge in [0.2, 0.25) is 0 Å². The molecule has 1 N–H and O–H groups in total. The maximum absolute atomic E-state index is 9.15. The minimum absolute atomic E-state index is 0.572. The van der Waals surface area contributed by atoms with Crippen molar-refractivity contribution in [3.63, 3.8) is 0 Å². The summed E-state index contributed by atoms with van der Waals surface area (Å²) in [7, 11) is 1.82. The summed E-state index contributed by atoms with van der Waals surface area (Å²) in [6, 6.07) is 8.16. The van der Waals surface area contributed by atoms with Gasteiger partial charge in [-0.05, 0) is 63.6 Å². The third kappa shape index (κ3) is 2.52. The van der Waals surface area contributed by atoms with Crippen molar-refractivity contribution >= 4 is 50.0 Å². The smallest absolute Gasteiger partial charge is 0.146 e. The van der Waals surface area contributed by atoms with E-state index in [1.165, 1.54) is 0 Å². The standard InChI is InChI=1S/C12H10BrIN4/c1-7-9(6-15)12(18(2)17-7)16-11-4-3-8(14)5-10(11)13/h3-5,16H,1-2H3. The third-order valence-electron chi connectivity index (χ3n) is 2.52. The molecule has 0 aliphatic carbocycles. The number of aromatic nitrogens is 2. The molecule has 0 radical (unpaired) electrons. The number of halogens is 2. The molecule has 0 atom stereocenters. The molecule has 4 nitrogen and oxygen atoms in total. The van der Waals surface area contributed by atoms with E-state index < -0.39 is 0 Å². The van der Waals surface area contributed by atoms with Crippen molar-refractivity contribution < 1.29 is 0 Å². The molecule has 1 aromatic carbocycles. The fourth-order valence-electron chi connectivity index (χ4n) is 1.65. The molecular weight excluding hydrogens is 407 g/mol. The Labute approximate surface area is 127 Å². The number of hydrogen-bond acceptors (Lipinski definition) is 3. The minimum atomic E-state index is 0.572. The molecule has 1 heterocycles. The predicted octanol–water partition coefficient (Wildman–Crippen LogP) is 3.71. The maximum atomic E-state index is 9.15. The van der Waals surface area contributed by atoms with Crippen molar-refractivity contribution in [3.8, 4) is 6.07 Å². The van der Waals surface area contributed by atoms with Gasteiger partial charge in [-0.3, -0.25) is 4.68 Å². The summed E-state index contributed by atoms with van der Waals surface area (Å²) in [6.45, 7) is 1.83. The first-order valence-corrected chi connectivity index (χ1v) is 7.06. The van der Waals surface area contributed by atoms with E-state index in [0.29, 0.717) is 11.4 Å². The van der Waals surface area contributed by atoms with E-state index in [-0.39, 0.29) is 0 Å². The van der Waals surface area contributed by atoms with Crippen LogP contribution in [0.3, 0.4) is 0 Å². The molecule has 0 saturated heterocycles. The van der Waals surface area contributed by atoms with Gasteiger partial charge in [0.1, 0.15) is 17.5 Å². The lowest BCUT2D eigenvalue weighted by Gasteiger charge is -2.09. The van der Waals surface area contributed by atoms with Gasteiger partial charge >= 0.3 is 0 Å².